The van der Waals surface area contributed by atoms with Gasteiger partial charge in [0.15, 0.2) is 0 Å². The van der Waals surface area contributed by atoms with E-state index in [1.807, 2.05) is 13.8 Å². The Balaban J connectivity index is 1.86. The van der Waals surface area contributed by atoms with Crippen molar-refractivity contribution < 1.29 is 0 Å². The molecule has 4 bridgehead atoms. The lowest BCUT2D eigenvalue weighted by Crippen LogP contribution is -2.42. The van der Waals surface area contributed by atoms with Gasteiger partial charge in [-0.05, 0) is 78.8 Å². The Morgan fingerprint density at radius 3 is 1.14 bits per heavy atom. The van der Waals surface area contributed by atoms with Crippen LogP contribution in [-0.4, -0.2) is 67.3 Å². The van der Waals surface area contributed by atoms with E-state index in [4.69, 9.17) is 0 Å². The summed E-state index contributed by atoms with van der Waals surface area (Å²) < 4.78 is 6.14. The van der Waals surface area contributed by atoms with Gasteiger partial charge >= 0.3 is 11.4 Å². The zero-order valence-corrected chi connectivity index (χ0v) is 22.4. The molecule has 3 heterocycles. The standard InChI is InChI=1S/C26H42N6O4/c1-5-27-11-7-15-29-21(3)19-24(34)32(25(29)35)18-10-14-28(6-2)12-8-16-30-22(4)20-23(33)31(26(30)36)17-9-13-27/h19-20H,5-18H2,1-4H3. The first-order valence-corrected chi connectivity index (χ1v) is 13.3. The third-order valence-electron chi connectivity index (χ3n) is 7.29. The van der Waals surface area contributed by atoms with E-state index in [0.717, 1.165) is 52.1 Å². The molecule has 0 aromatic carbocycles. The molecule has 0 fully saturated rings. The summed E-state index contributed by atoms with van der Waals surface area (Å²) in [4.78, 5) is 55.9. The summed E-state index contributed by atoms with van der Waals surface area (Å²) in [5.41, 5.74) is 0.452. The van der Waals surface area contributed by atoms with Crippen LogP contribution in [0.2, 0.25) is 0 Å². The summed E-state index contributed by atoms with van der Waals surface area (Å²) >= 11 is 0. The number of nitrogens with zero attached hydrogens (tertiary/aromatic N) is 6. The molecule has 0 saturated carbocycles. The fraction of sp³-hybridized carbons (Fsp3) is 0.692. The second-order valence-corrected chi connectivity index (χ2v) is 9.70. The fourth-order valence-electron chi connectivity index (χ4n) is 5.07. The quantitative estimate of drug-likeness (QED) is 0.605. The van der Waals surface area contributed by atoms with E-state index in [-0.39, 0.29) is 22.5 Å². The van der Waals surface area contributed by atoms with Crippen molar-refractivity contribution in [1.29, 1.82) is 0 Å². The van der Waals surface area contributed by atoms with Crippen LogP contribution in [0.3, 0.4) is 0 Å². The number of aryl methyl sites for hydroxylation is 2. The minimum Gasteiger partial charge on any atom is -0.303 e. The van der Waals surface area contributed by atoms with Gasteiger partial charge in [-0.25, -0.2) is 9.59 Å². The largest absolute Gasteiger partial charge is 0.331 e. The highest BCUT2D eigenvalue weighted by atomic mass is 16.2. The maximum Gasteiger partial charge on any atom is 0.331 e. The van der Waals surface area contributed by atoms with Crippen molar-refractivity contribution in [2.24, 2.45) is 0 Å². The summed E-state index contributed by atoms with van der Waals surface area (Å²) in [6.45, 7) is 14.4. The molecule has 36 heavy (non-hydrogen) atoms. The van der Waals surface area contributed by atoms with Crippen LogP contribution in [0.1, 0.15) is 50.9 Å². The van der Waals surface area contributed by atoms with E-state index in [9.17, 15) is 19.2 Å². The molecule has 1 aliphatic heterocycles. The smallest absolute Gasteiger partial charge is 0.303 e. The summed E-state index contributed by atoms with van der Waals surface area (Å²) in [6.07, 6.45) is 2.93. The van der Waals surface area contributed by atoms with Crippen molar-refractivity contribution in [1.82, 2.24) is 28.1 Å². The minimum atomic E-state index is -0.237. The Bertz CT molecular complexity index is 1160. The van der Waals surface area contributed by atoms with Crippen LogP contribution in [0.25, 0.3) is 0 Å². The van der Waals surface area contributed by atoms with Crippen molar-refractivity contribution in [2.75, 3.05) is 39.3 Å². The van der Waals surface area contributed by atoms with E-state index >= 15 is 0 Å². The van der Waals surface area contributed by atoms with Gasteiger partial charge in [-0.1, -0.05) is 13.8 Å². The zero-order chi connectivity index (χ0) is 26.2. The zero-order valence-electron chi connectivity index (χ0n) is 22.4. The second-order valence-electron chi connectivity index (χ2n) is 9.70. The van der Waals surface area contributed by atoms with Crippen molar-refractivity contribution >= 4 is 0 Å². The van der Waals surface area contributed by atoms with Crippen LogP contribution in [0.4, 0.5) is 0 Å². The Morgan fingerprint density at radius 1 is 0.528 bits per heavy atom. The Morgan fingerprint density at radius 2 is 0.833 bits per heavy atom. The van der Waals surface area contributed by atoms with Gasteiger partial charge in [0.2, 0.25) is 0 Å². The highest BCUT2D eigenvalue weighted by Gasteiger charge is 2.13. The lowest BCUT2D eigenvalue weighted by Gasteiger charge is -2.23. The molecule has 3 rings (SSSR count). The van der Waals surface area contributed by atoms with Crippen LogP contribution in [-0.2, 0) is 26.2 Å². The molecule has 10 nitrogen and oxygen atoms in total. The average molecular weight is 503 g/mol. The number of aromatic nitrogens is 4. The van der Waals surface area contributed by atoms with Gasteiger partial charge in [0, 0.05) is 49.7 Å². The van der Waals surface area contributed by atoms with Crippen LogP contribution in [0.15, 0.2) is 31.3 Å². The maximum atomic E-state index is 13.1. The van der Waals surface area contributed by atoms with Gasteiger partial charge in [-0.3, -0.25) is 27.9 Å². The predicted octanol–water partition coefficient (Wildman–Crippen LogP) is 0.868. The van der Waals surface area contributed by atoms with Crippen LogP contribution in [0, 0.1) is 13.8 Å². The molecule has 2 aromatic rings. The summed E-state index contributed by atoms with van der Waals surface area (Å²) in [7, 11) is 0. The van der Waals surface area contributed by atoms with Crippen molar-refractivity contribution in [3.63, 3.8) is 0 Å². The molecule has 200 valence electrons. The highest BCUT2D eigenvalue weighted by molar-refractivity contribution is 5.01. The normalized spacial score (nSPS) is 17.7. The number of hydrogen-bond donors (Lipinski definition) is 0. The summed E-state index contributed by atoms with van der Waals surface area (Å²) in [5.74, 6) is 0. The molecule has 0 atom stereocenters. The van der Waals surface area contributed by atoms with Crippen LogP contribution < -0.4 is 22.5 Å². The predicted molar refractivity (Wildman–Crippen MR) is 142 cm³/mol. The van der Waals surface area contributed by atoms with Gasteiger partial charge in [-0.2, -0.15) is 0 Å². The summed E-state index contributed by atoms with van der Waals surface area (Å²) in [5, 5.41) is 0. The Labute approximate surface area is 212 Å². The van der Waals surface area contributed by atoms with Gasteiger partial charge in [-0.15, -0.1) is 0 Å². The lowest BCUT2D eigenvalue weighted by molar-refractivity contribution is 0.260. The monoisotopic (exact) mass is 502 g/mol. The molecular weight excluding hydrogens is 460 g/mol. The molecule has 0 amide bonds. The lowest BCUT2D eigenvalue weighted by atomic mass is 10.3. The third kappa shape index (κ3) is 6.73. The molecule has 2 aromatic heterocycles. The van der Waals surface area contributed by atoms with E-state index in [2.05, 4.69) is 23.6 Å². The number of hydrogen-bond acceptors (Lipinski definition) is 6. The Hall–Kier alpha value is -2.72. The topological polar surface area (TPSA) is 94.5 Å². The van der Waals surface area contributed by atoms with E-state index in [1.165, 1.54) is 9.13 Å². The van der Waals surface area contributed by atoms with Crippen LogP contribution >= 0.6 is 0 Å². The minimum absolute atomic E-state index is 0.229. The third-order valence-corrected chi connectivity index (χ3v) is 7.29. The van der Waals surface area contributed by atoms with Gasteiger partial charge in [0.05, 0.1) is 0 Å². The van der Waals surface area contributed by atoms with Crippen molar-refractivity contribution in [3.8, 4) is 0 Å². The van der Waals surface area contributed by atoms with Gasteiger partial charge < -0.3 is 9.80 Å². The van der Waals surface area contributed by atoms with Gasteiger partial charge in [0.1, 0.15) is 0 Å². The Kier molecular flexibility index (Phi) is 10.1. The molecule has 0 spiro atoms. The van der Waals surface area contributed by atoms with Crippen molar-refractivity contribution in [2.45, 2.75) is 79.6 Å². The molecule has 0 aliphatic carbocycles. The van der Waals surface area contributed by atoms with Gasteiger partial charge in [0.25, 0.3) is 11.1 Å². The highest BCUT2D eigenvalue weighted by Crippen LogP contribution is 2.02. The first-order valence-electron chi connectivity index (χ1n) is 13.3. The second kappa shape index (κ2) is 13.0. The van der Waals surface area contributed by atoms with Crippen molar-refractivity contribution in [3.05, 3.63) is 65.2 Å². The SMILES string of the molecule is CCN1CCCn2c(C)cc(=O)n(c2=O)CCCN(CC)CCCn2c(C)cc(=O)n(c2=O)CCC1. The first kappa shape index (κ1) is 27.9. The van der Waals surface area contributed by atoms with E-state index < -0.39 is 0 Å². The average Bonchev–Trinajstić information content (AvgIpc) is 2.83. The number of rotatable bonds is 2. The fourth-order valence-corrected chi connectivity index (χ4v) is 5.07. The first-order chi connectivity index (χ1) is 17.3. The van der Waals surface area contributed by atoms with Crippen LogP contribution in [0.5, 0.6) is 0 Å². The molecule has 10 heteroatoms. The molecule has 0 N–H and O–H groups in total. The van der Waals surface area contributed by atoms with E-state index in [0.29, 0.717) is 50.4 Å². The maximum absolute atomic E-state index is 13.1. The van der Waals surface area contributed by atoms with E-state index in [1.54, 1.807) is 21.3 Å². The molecule has 0 saturated heterocycles. The molecular formula is C26H42N6O4. The molecule has 0 radical (unpaired) electrons. The number of fused-ring (bicyclic) bond motifs is 4. The summed E-state index contributed by atoms with van der Waals surface area (Å²) in [6, 6.07) is 3.13. The molecule has 1 aliphatic rings. The molecule has 0 unspecified atom stereocenters.